The molecule has 8 heteroatoms. The fourth-order valence-corrected chi connectivity index (χ4v) is 3.25. The second kappa shape index (κ2) is 7.16. The number of fused-ring (bicyclic) bond motifs is 1. The molecule has 0 radical (unpaired) electrons. The first kappa shape index (κ1) is 17.2. The average molecular weight is 365 g/mol. The third-order valence-corrected chi connectivity index (χ3v) is 4.83. The predicted molar refractivity (Wildman–Crippen MR) is 103 cm³/mol. The van der Waals surface area contributed by atoms with Crippen molar-refractivity contribution in [2.24, 2.45) is 5.10 Å². The quantitative estimate of drug-likeness (QED) is 0.426. The largest absolute Gasteiger partial charge is 0.334 e. The monoisotopic (exact) mass is 365 g/mol. The summed E-state index contributed by atoms with van der Waals surface area (Å²) in [5, 5.41) is 17.8. The first-order valence-corrected chi connectivity index (χ1v) is 8.94. The van der Waals surface area contributed by atoms with Gasteiger partial charge in [0, 0.05) is 23.9 Å². The zero-order valence-corrected chi connectivity index (χ0v) is 15.1. The molecule has 27 heavy (non-hydrogen) atoms. The van der Waals surface area contributed by atoms with Gasteiger partial charge < -0.3 is 4.90 Å². The molecule has 0 bridgehead atoms. The maximum Gasteiger partial charge on any atom is 0.270 e. The molecule has 1 aliphatic heterocycles. The van der Waals surface area contributed by atoms with E-state index >= 15 is 0 Å². The molecule has 3 aromatic rings. The van der Waals surface area contributed by atoms with E-state index in [1.54, 1.807) is 18.3 Å². The van der Waals surface area contributed by atoms with Crippen LogP contribution < -0.4 is 4.90 Å². The lowest BCUT2D eigenvalue weighted by Crippen LogP contribution is -3.11. The number of hydrogen-bond acceptors (Lipinski definition) is 5. The number of nitro groups is 1. The van der Waals surface area contributed by atoms with Gasteiger partial charge in [0.05, 0.1) is 49.9 Å². The first-order chi connectivity index (χ1) is 13.1. The summed E-state index contributed by atoms with van der Waals surface area (Å²) in [5.41, 5.74) is 2.43. The van der Waals surface area contributed by atoms with Crippen molar-refractivity contribution in [3.63, 3.8) is 0 Å². The molecule has 0 saturated carbocycles. The second-order valence-electron chi connectivity index (χ2n) is 6.74. The van der Waals surface area contributed by atoms with Crippen LogP contribution in [0.3, 0.4) is 0 Å². The Bertz CT molecular complexity index is 1000. The molecule has 0 aliphatic carbocycles. The summed E-state index contributed by atoms with van der Waals surface area (Å²) in [6.45, 7) is 3.98. The highest BCUT2D eigenvalue weighted by Crippen LogP contribution is 2.25. The fourth-order valence-electron chi connectivity index (χ4n) is 3.25. The third kappa shape index (κ3) is 3.52. The standard InChI is InChI=1S/C19H20N6O2/c1-22-9-11-23(12-10-22)20-14-17-18-7-2-3-8-24(18)19(21-17)15-5-4-6-16(13-15)25(26)27/h2-8,13-14H,9-12H2,1H3/p+1. The first-order valence-electron chi connectivity index (χ1n) is 8.94. The van der Waals surface area contributed by atoms with Gasteiger partial charge in [-0.3, -0.25) is 19.5 Å². The molecule has 1 aliphatic rings. The zero-order valence-electron chi connectivity index (χ0n) is 15.1. The van der Waals surface area contributed by atoms with E-state index in [4.69, 9.17) is 4.98 Å². The minimum Gasteiger partial charge on any atom is -0.334 e. The van der Waals surface area contributed by atoms with Crippen molar-refractivity contribution in [3.8, 4) is 11.4 Å². The van der Waals surface area contributed by atoms with Crippen LogP contribution in [-0.2, 0) is 0 Å². The molecule has 8 nitrogen and oxygen atoms in total. The summed E-state index contributed by atoms with van der Waals surface area (Å²) in [4.78, 5) is 16.9. The van der Waals surface area contributed by atoms with Gasteiger partial charge in [-0.2, -0.15) is 5.10 Å². The normalized spacial score (nSPS) is 15.7. The van der Waals surface area contributed by atoms with Crippen LogP contribution in [0.25, 0.3) is 16.9 Å². The van der Waals surface area contributed by atoms with Crippen LogP contribution in [0.1, 0.15) is 5.69 Å². The summed E-state index contributed by atoms with van der Waals surface area (Å²) in [6, 6.07) is 12.4. The van der Waals surface area contributed by atoms with Crippen molar-refractivity contribution in [2.75, 3.05) is 33.2 Å². The Hall–Kier alpha value is -3.26. The van der Waals surface area contributed by atoms with E-state index in [9.17, 15) is 10.1 Å². The summed E-state index contributed by atoms with van der Waals surface area (Å²) >= 11 is 0. The minimum absolute atomic E-state index is 0.0512. The smallest absolute Gasteiger partial charge is 0.270 e. The van der Waals surface area contributed by atoms with Crippen molar-refractivity contribution in [1.82, 2.24) is 14.4 Å². The van der Waals surface area contributed by atoms with Gasteiger partial charge in [-0.15, -0.1) is 0 Å². The van der Waals surface area contributed by atoms with E-state index < -0.39 is 4.92 Å². The average Bonchev–Trinajstić information content (AvgIpc) is 3.06. The summed E-state index contributed by atoms with van der Waals surface area (Å²) < 4.78 is 1.94. The van der Waals surface area contributed by atoms with E-state index in [2.05, 4.69) is 17.2 Å². The van der Waals surface area contributed by atoms with Gasteiger partial charge in [-0.1, -0.05) is 18.2 Å². The van der Waals surface area contributed by atoms with Crippen molar-refractivity contribution in [1.29, 1.82) is 0 Å². The number of hydrogen-bond donors (Lipinski definition) is 1. The Labute approximate surface area is 156 Å². The van der Waals surface area contributed by atoms with Gasteiger partial charge >= 0.3 is 0 Å². The Morgan fingerprint density at radius 3 is 2.81 bits per heavy atom. The van der Waals surface area contributed by atoms with E-state index in [1.807, 2.05) is 34.9 Å². The van der Waals surface area contributed by atoms with Crippen LogP contribution >= 0.6 is 0 Å². The van der Waals surface area contributed by atoms with Crippen LogP contribution in [0, 0.1) is 10.1 Å². The number of nitrogens with one attached hydrogen (secondary N) is 1. The Balaban J connectivity index is 1.71. The molecule has 1 fully saturated rings. The minimum atomic E-state index is -0.392. The molecule has 0 unspecified atom stereocenters. The second-order valence-corrected chi connectivity index (χ2v) is 6.74. The molecule has 1 aromatic carbocycles. The molecule has 0 atom stereocenters. The number of quaternary nitrogens is 1. The number of imidazole rings is 1. The number of non-ortho nitro benzene ring substituents is 1. The molecule has 4 rings (SSSR count). The molecule has 138 valence electrons. The lowest BCUT2D eigenvalue weighted by Gasteiger charge is -2.27. The number of rotatable bonds is 4. The molecule has 1 N–H and O–H groups in total. The molecule has 0 spiro atoms. The Morgan fingerprint density at radius 2 is 2.04 bits per heavy atom. The predicted octanol–water partition coefficient (Wildman–Crippen LogP) is 1.07. The number of likely N-dealkylation sites (N-methyl/N-ethyl adjacent to an activating group) is 1. The van der Waals surface area contributed by atoms with Crippen LogP contribution in [0.5, 0.6) is 0 Å². The van der Waals surface area contributed by atoms with Gasteiger partial charge in [0.1, 0.15) is 11.5 Å². The summed E-state index contributed by atoms with van der Waals surface area (Å²) in [5.74, 6) is 0.665. The molecule has 3 heterocycles. The van der Waals surface area contributed by atoms with E-state index in [0.29, 0.717) is 11.4 Å². The summed E-state index contributed by atoms with van der Waals surface area (Å²) in [7, 11) is 2.19. The van der Waals surface area contributed by atoms with E-state index in [1.165, 1.54) is 11.0 Å². The molecule has 2 aromatic heterocycles. The van der Waals surface area contributed by atoms with Gasteiger partial charge in [-0.25, -0.2) is 4.98 Å². The molecular formula is C19H21N6O2+. The fraction of sp³-hybridized carbons (Fsp3) is 0.263. The molecule has 0 amide bonds. The maximum absolute atomic E-state index is 11.1. The number of piperazine rings is 1. The van der Waals surface area contributed by atoms with Gasteiger partial charge in [0.2, 0.25) is 0 Å². The lowest BCUT2D eigenvalue weighted by atomic mass is 10.2. The van der Waals surface area contributed by atoms with Crippen LogP contribution in [-0.4, -0.2) is 58.8 Å². The maximum atomic E-state index is 11.1. The highest BCUT2D eigenvalue weighted by molar-refractivity contribution is 5.89. The van der Waals surface area contributed by atoms with Crippen molar-refractivity contribution < 1.29 is 9.82 Å². The highest BCUT2D eigenvalue weighted by Gasteiger charge is 2.16. The number of aromatic nitrogens is 2. The van der Waals surface area contributed by atoms with Gasteiger partial charge in [-0.05, 0) is 12.1 Å². The van der Waals surface area contributed by atoms with Gasteiger partial charge in [0.25, 0.3) is 5.69 Å². The SMILES string of the molecule is C[NH+]1CCN(N=Cc2nc(-c3cccc([N+](=O)[O-])c3)n3ccccc23)CC1. The Morgan fingerprint density at radius 1 is 1.22 bits per heavy atom. The highest BCUT2D eigenvalue weighted by atomic mass is 16.6. The Kier molecular flexibility index (Phi) is 4.55. The van der Waals surface area contributed by atoms with Crippen molar-refractivity contribution in [2.45, 2.75) is 0 Å². The van der Waals surface area contributed by atoms with Gasteiger partial charge in [0.15, 0.2) is 0 Å². The van der Waals surface area contributed by atoms with E-state index in [-0.39, 0.29) is 5.69 Å². The zero-order chi connectivity index (χ0) is 18.8. The topological polar surface area (TPSA) is 80.5 Å². The summed E-state index contributed by atoms with van der Waals surface area (Å²) in [6.07, 6.45) is 3.70. The van der Waals surface area contributed by atoms with E-state index in [0.717, 1.165) is 37.4 Å². The van der Waals surface area contributed by atoms with Crippen LogP contribution in [0.15, 0.2) is 53.8 Å². The number of hydrazone groups is 1. The van der Waals surface area contributed by atoms with Crippen LogP contribution in [0.2, 0.25) is 0 Å². The lowest BCUT2D eigenvalue weighted by molar-refractivity contribution is -0.884. The molecule has 1 saturated heterocycles. The van der Waals surface area contributed by atoms with Crippen molar-refractivity contribution in [3.05, 3.63) is 64.5 Å². The third-order valence-electron chi connectivity index (χ3n) is 4.83. The number of pyridine rings is 1. The number of nitro benzene ring substituents is 1. The molecular weight excluding hydrogens is 344 g/mol. The number of nitrogens with zero attached hydrogens (tertiary/aromatic N) is 5. The number of benzene rings is 1. The van der Waals surface area contributed by atoms with Crippen molar-refractivity contribution >= 4 is 17.4 Å². The van der Waals surface area contributed by atoms with Crippen LogP contribution in [0.4, 0.5) is 5.69 Å².